The van der Waals surface area contributed by atoms with Gasteiger partial charge in [0.25, 0.3) is 5.91 Å². The number of nitrogens with zero attached hydrogens (tertiary/aromatic N) is 1. The van der Waals surface area contributed by atoms with Gasteiger partial charge in [-0.1, -0.05) is 6.07 Å². The van der Waals surface area contributed by atoms with Crippen molar-refractivity contribution in [2.45, 2.75) is 49.9 Å². The van der Waals surface area contributed by atoms with Crippen molar-refractivity contribution in [1.82, 2.24) is 10.2 Å². The summed E-state index contributed by atoms with van der Waals surface area (Å²) in [5.41, 5.74) is 1.37. The fourth-order valence-electron chi connectivity index (χ4n) is 3.62. The molecule has 136 valence electrons. The smallest absolute Gasteiger partial charge is 0.260 e. The maximum Gasteiger partial charge on any atom is 0.260 e. The van der Waals surface area contributed by atoms with Crippen LogP contribution in [0.1, 0.15) is 49.0 Å². The standard InChI is InChI=1S/C18H24N2O4S/c1-9(2)19-15(21)14-18(3,4)25-17-10-7-8-11(23-5)13(24-6)12(10)16(22)20(14)17/h7-9,14,17H,1-6H3,(H,19,21)/t14-,17-/m0/s1. The SMILES string of the molecule is COc1ccc2c(c1OC)C(=O)N1[C@@H](C(=O)NC(C)C)C(C)(C)S[C@@H]21. The quantitative estimate of drug-likeness (QED) is 0.889. The van der Waals surface area contributed by atoms with Gasteiger partial charge in [0.2, 0.25) is 5.91 Å². The first-order valence-electron chi connectivity index (χ1n) is 8.28. The molecule has 1 aromatic carbocycles. The second-order valence-corrected chi connectivity index (χ2v) is 8.85. The van der Waals surface area contributed by atoms with Crippen molar-refractivity contribution >= 4 is 23.6 Å². The van der Waals surface area contributed by atoms with Crippen molar-refractivity contribution < 1.29 is 19.1 Å². The molecule has 6 nitrogen and oxygen atoms in total. The van der Waals surface area contributed by atoms with E-state index >= 15 is 0 Å². The summed E-state index contributed by atoms with van der Waals surface area (Å²) in [6.07, 6.45) is 0. The number of carbonyl (C=O) groups is 2. The zero-order valence-corrected chi connectivity index (χ0v) is 16.2. The number of methoxy groups -OCH3 is 2. The van der Waals surface area contributed by atoms with Crippen molar-refractivity contribution in [3.8, 4) is 11.5 Å². The molecule has 0 aliphatic carbocycles. The lowest BCUT2D eigenvalue weighted by Gasteiger charge is -2.30. The summed E-state index contributed by atoms with van der Waals surface area (Å²) in [6, 6.07) is 3.18. The number of benzene rings is 1. The van der Waals surface area contributed by atoms with Gasteiger partial charge in [-0.2, -0.15) is 0 Å². The molecule has 2 heterocycles. The van der Waals surface area contributed by atoms with Gasteiger partial charge in [-0.15, -0.1) is 11.8 Å². The van der Waals surface area contributed by atoms with Crippen LogP contribution >= 0.6 is 11.8 Å². The Balaban J connectivity index is 2.08. The van der Waals surface area contributed by atoms with Crippen LogP contribution < -0.4 is 14.8 Å². The largest absolute Gasteiger partial charge is 0.493 e. The Morgan fingerprint density at radius 3 is 2.52 bits per heavy atom. The molecule has 0 unspecified atom stereocenters. The number of hydrogen-bond donors (Lipinski definition) is 1. The summed E-state index contributed by atoms with van der Waals surface area (Å²) in [4.78, 5) is 27.7. The van der Waals surface area contributed by atoms with E-state index in [1.165, 1.54) is 7.11 Å². The van der Waals surface area contributed by atoms with Crippen LogP contribution in [0.25, 0.3) is 0 Å². The van der Waals surface area contributed by atoms with Gasteiger partial charge in [0, 0.05) is 16.4 Å². The summed E-state index contributed by atoms with van der Waals surface area (Å²) in [5.74, 6) is 0.642. The van der Waals surface area contributed by atoms with E-state index in [0.717, 1.165) is 5.56 Å². The highest BCUT2D eigenvalue weighted by Gasteiger charge is 2.58. The number of rotatable bonds is 4. The van der Waals surface area contributed by atoms with Crippen molar-refractivity contribution in [2.75, 3.05) is 14.2 Å². The molecule has 1 fully saturated rings. The minimum Gasteiger partial charge on any atom is -0.493 e. The highest BCUT2D eigenvalue weighted by Crippen LogP contribution is 2.58. The Bertz CT molecular complexity index is 732. The van der Waals surface area contributed by atoms with E-state index in [1.54, 1.807) is 23.8 Å². The van der Waals surface area contributed by atoms with Gasteiger partial charge in [-0.3, -0.25) is 9.59 Å². The fraction of sp³-hybridized carbons (Fsp3) is 0.556. The van der Waals surface area contributed by atoms with E-state index in [9.17, 15) is 9.59 Å². The number of thioether (sulfide) groups is 1. The van der Waals surface area contributed by atoms with E-state index < -0.39 is 6.04 Å². The molecule has 0 aromatic heterocycles. The third-order valence-corrected chi connectivity index (χ3v) is 6.11. The Labute approximate surface area is 152 Å². The zero-order valence-electron chi connectivity index (χ0n) is 15.4. The van der Waals surface area contributed by atoms with Crippen LogP contribution in [0.15, 0.2) is 12.1 Å². The van der Waals surface area contributed by atoms with E-state index in [1.807, 2.05) is 39.8 Å². The lowest BCUT2D eigenvalue weighted by molar-refractivity contribution is -0.126. The van der Waals surface area contributed by atoms with Crippen molar-refractivity contribution in [3.63, 3.8) is 0 Å². The maximum absolute atomic E-state index is 13.2. The van der Waals surface area contributed by atoms with Gasteiger partial charge in [-0.05, 0) is 33.8 Å². The maximum atomic E-state index is 13.2. The van der Waals surface area contributed by atoms with Crippen LogP contribution in [0.2, 0.25) is 0 Å². The molecule has 1 N–H and O–H groups in total. The van der Waals surface area contributed by atoms with Crippen molar-refractivity contribution in [1.29, 1.82) is 0 Å². The van der Waals surface area contributed by atoms with E-state index in [4.69, 9.17) is 9.47 Å². The van der Waals surface area contributed by atoms with Crippen LogP contribution in [-0.4, -0.2) is 47.8 Å². The first-order chi connectivity index (χ1) is 11.7. The molecule has 0 radical (unpaired) electrons. The van der Waals surface area contributed by atoms with Gasteiger partial charge < -0.3 is 19.7 Å². The lowest BCUT2D eigenvalue weighted by atomic mass is 10.0. The highest BCUT2D eigenvalue weighted by atomic mass is 32.2. The number of hydrogen-bond acceptors (Lipinski definition) is 5. The third-order valence-electron chi connectivity index (χ3n) is 4.58. The normalized spacial score (nSPS) is 23.5. The van der Waals surface area contributed by atoms with Gasteiger partial charge in [0.05, 0.1) is 19.8 Å². The number of carbonyl (C=O) groups excluding carboxylic acids is 2. The molecule has 25 heavy (non-hydrogen) atoms. The summed E-state index contributed by atoms with van der Waals surface area (Å²) in [6.45, 7) is 7.85. The molecule has 2 amide bonds. The third kappa shape index (κ3) is 2.65. The summed E-state index contributed by atoms with van der Waals surface area (Å²) in [7, 11) is 3.07. The molecule has 0 bridgehead atoms. The minimum atomic E-state index is -0.541. The molecular weight excluding hydrogens is 340 g/mol. The topological polar surface area (TPSA) is 67.9 Å². The monoisotopic (exact) mass is 364 g/mol. The molecule has 1 aromatic rings. The molecule has 7 heteroatoms. The first-order valence-corrected chi connectivity index (χ1v) is 9.16. The lowest BCUT2D eigenvalue weighted by Crippen LogP contribution is -2.53. The van der Waals surface area contributed by atoms with E-state index in [-0.39, 0.29) is 28.0 Å². The number of amides is 2. The molecule has 3 rings (SSSR count). The first kappa shape index (κ1) is 17.9. The predicted octanol–water partition coefficient (Wildman–Crippen LogP) is 2.58. The predicted molar refractivity (Wildman–Crippen MR) is 97.2 cm³/mol. The van der Waals surface area contributed by atoms with Crippen LogP contribution in [0.5, 0.6) is 11.5 Å². The van der Waals surface area contributed by atoms with Gasteiger partial charge >= 0.3 is 0 Å². The molecule has 2 aliphatic heterocycles. The zero-order chi connectivity index (χ0) is 18.5. The summed E-state index contributed by atoms with van der Waals surface area (Å²) < 4.78 is 10.4. The number of nitrogens with one attached hydrogen (secondary N) is 1. The molecule has 0 spiro atoms. The molecule has 2 aliphatic rings. The van der Waals surface area contributed by atoms with Crippen molar-refractivity contribution in [3.05, 3.63) is 23.3 Å². The van der Waals surface area contributed by atoms with Gasteiger partial charge in [-0.25, -0.2) is 0 Å². The molecule has 1 saturated heterocycles. The van der Waals surface area contributed by atoms with Crippen LogP contribution in [0.4, 0.5) is 0 Å². The summed E-state index contributed by atoms with van der Waals surface area (Å²) in [5, 5.41) is 2.76. The van der Waals surface area contributed by atoms with Gasteiger partial charge in [0.15, 0.2) is 11.5 Å². The number of ether oxygens (including phenoxy) is 2. The van der Waals surface area contributed by atoms with Crippen LogP contribution in [0.3, 0.4) is 0 Å². The van der Waals surface area contributed by atoms with E-state index in [0.29, 0.717) is 17.1 Å². The van der Waals surface area contributed by atoms with Crippen LogP contribution in [-0.2, 0) is 4.79 Å². The van der Waals surface area contributed by atoms with Gasteiger partial charge in [0.1, 0.15) is 11.4 Å². The fourth-order valence-corrected chi connectivity index (χ4v) is 5.20. The Morgan fingerprint density at radius 2 is 1.96 bits per heavy atom. The Hall–Kier alpha value is -1.89. The van der Waals surface area contributed by atoms with Crippen LogP contribution in [0, 0.1) is 0 Å². The average Bonchev–Trinajstić information content (AvgIpc) is 2.96. The molecule has 0 saturated carbocycles. The number of fused-ring (bicyclic) bond motifs is 3. The average molecular weight is 364 g/mol. The second kappa shape index (κ2) is 6.12. The molecular formula is C18H24N2O4S. The minimum absolute atomic E-state index is 0.0158. The molecule has 2 atom stereocenters. The second-order valence-electron chi connectivity index (χ2n) is 7.12. The Kier molecular flexibility index (Phi) is 4.39. The highest BCUT2D eigenvalue weighted by molar-refractivity contribution is 8.01. The van der Waals surface area contributed by atoms with Crippen molar-refractivity contribution in [2.24, 2.45) is 0 Å². The summed E-state index contributed by atoms with van der Waals surface area (Å²) >= 11 is 1.63. The Morgan fingerprint density at radius 1 is 1.28 bits per heavy atom. The van der Waals surface area contributed by atoms with E-state index in [2.05, 4.69) is 5.32 Å².